The Hall–Kier alpha value is -0.940. The van der Waals surface area contributed by atoms with E-state index in [1.165, 1.54) is 0 Å². The molecule has 0 amide bonds. The van der Waals surface area contributed by atoms with E-state index in [1.807, 2.05) is 36.2 Å². The summed E-state index contributed by atoms with van der Waals surface area (Å²) in [5.74, 6) is 2.59. The van der Waals surface area contributed by atoms with Gasteiger partial charge in [-0.05, 0) is 24.3 Å². The molecule has 0 aliphatic heterocycles. The van der Waals surface area contributed by atoms with Crippen LogP contribution >= 0.6 is 15.9 Å². The van der Waals surface area contributed by atoms with Gasteiger partial charge in [0.15, 0.2) is 0 Å². The molecule has 12 heavy (non-hydrogen) atoms. The van der Waals surface area contributed by atoms with Gasteiger partial charge in [0.05, 0.1) is 6.54 Å². The second kappa shape index (κ2) is 4.18. The Balaban J connectivity index is 2.76. The van der Waals surface area contributed by atoms with Gasteiger partial charge in [-0.3, -0.25) is 0 Å². The summed E-state index contributed by atoms with van der Waals surface area (Å²) in [6.07, 6.45) is 5.20. The van der Waals surface area contributed by atoms with Gasteiger partial charge in [0.25, 0.3) is 0 Å². The minimum Gasteiger partial charge on any atom is -0.363 e. The van der Waals surface area contributed by atoms with E-state index in [9.17, 15) is 0 Å². The van der Waals surface area contributed by atoms with Crippen molar-refractivity contribution >= 4 is 21.6 Å². The fourth-order valence-electron chi connectivity index (χ4n) is 0.924. The van der Waals surface area contributed by atoms with Crippen LogP contribution < -0.4 is 4.90 Å². The van der Waals surface area contributed by atoms with E-state index >= 15 is 0 Å². The first-order valence-electron chi connectivity index (χ1n) is 3.64. The van der Waals surface area contributed by atoms with Crippen molar-refractivity contribution in [1.29, 1.82) is 0 Å². The number of benzene rings is 1. The normalized spacial score (nSPS) is 9.08. The third-order valence-corrected chi connectivity index (χ3v) is 2.12. The monoisotopic (exact) mass is 223 g/mol. The number of rotatable bonds is 2. The minimum atomic E-state index is 0.641. The van der Waals surface area contributed by atoms with Crippen LogP contribution in [0.5, 0.6) is 0 Å². The zero-order chi connectivity index (χ0) is 8.97. The molecule has 1 aromatic rings. The van der Waals surface area contributed by atoms with Gasteiger partial charge in [-0.2, -0.15) is 0 Å². The topological polar surface area (TPSA) is 3.24 Å². The summed E-state index contributed by atoms with van der Waals surface area (Å²) in [5, 5.41) is 0. The molecule has 0 aromatic heterocycles. The Morgan fingerprint density at radius 1 is 1.42 bits per heavy atom. The third-order valence-electron chi connectivity index (χ3n) is 1.60. The number of halogens is 1. The number of nitrogens with zero attached hydrogens (tertiary/aromatic N) is 1. The quantitative estimate of drug-likeness (QED) is 0.697. The van der Waals surface area contributed by atoms with Crippen molar-refractivity contribution in [2.45, 2.75) is 0 Å². The second-order valence-electron chi connectivity index (χ2n) is 2.54. The highest BCUT2D eigenvalue weighted by Gasteiger charge is 1.96. The lowest BCUT2D eigenvalue weighted by molar-refractivity contribution is 1.05. The van der Waals surface area contributed by atoms with Gasteiger partial charge < -0.3 is 4.90 Å². The average Bonchev–Trinajstić information content (AvgIpc) is 2.06. The second-order valence-corrected chi connectivity index (χ2v) is 3.45. The van der Waals surface area contributed by atoms with Crippen molar-refractivity contribution in [3.8, 4) is 12.3 Å². The number of terminal acetylenes is 1. The molecule has 0 saturated heterocycles. The minimum absolute atomic E-state index is 0.641. The molecule has 1 nitrogen and oxygen atoms in total. The van der Waals surface area contributed by atoms with Crippen LogP contribution in [0.2, 0.25) is 0 Å². The van der Waals surface area contributed by atoms with E-state index in [4.69, 9.17) is 6.42 Å². The molecule has 0 unspecified atom stereocenters. The maximum atomic E-state index is 5.20. The summed E-state index contributed by atoms with van der Waals surface area (Å²) in [5.41, 5.74) is 1.14. The Morgan fingerprint density at radius 3 is 2.50 bits per heavy atom. The summed E-state index contributed by atoms with van der Waals surface area (Å²) in [4.78, 5) is 2.02. The maximum Gasteiger partial charge on any atom is 0.0788 e. The van der Waals surface area contributed by atoms with E-state index in [0.717, 1.165) is 10.2 Å². The summed E-state index contributed by atoms with van der Waals surface area (Å²) in [7, 11) is 1.98. The molecule has 0 aliphatic carbocycles. The summed E-state index contributed by atoms with van der Waals surface area (Å²) >= 11 is 3.37. The number of anilines is 1. The first-order valence-corrected chi connectivity index (χ1v) is 4.43. The molecule has 0 bridgehead atoms. The fraction of sp³-hybridized carbons (Fsp3) is 0.200. The summed E-state index contributed by atoms with van der Waals surface area (Å²) in [6.45, 7) is 0.641. The molecule has 0 heterocycles. The van der Waals surface area contributed by atoms with Gasteiger partial charge in [0.1, 0.15) is 0 Å². The van der Waals surface area contributed by atoms with Crippen LogP contribution in [0.15, 0.2) is 28.7 Å². The Morgan fingerprint density at radius 2 is 2.00 bits per heavy atom. The number of hydrogen-bond donors (Lipinski definition) is 0. The van der Waals surface area contributed by atoms with Gasteiger partial charge in [-0.25, -0.2) is 0 Å². The van der Waals surface area contributed by atoms with Crippen LogP contribution in [0.1, 0.15) is 0 Å². The molecule has 0 spiro atoms. The first-order chi connectivity index (χ1) is 5.74. The lowest BCUT2D eigenvalue weighted by Crippen LogP contribution is -2.16. The molecule has 0 radical (unpaired) electrons. The van der Waals surface area contributed by atoms with Gasteiger partial charge >= 0.3 is 0 Å². The Labute approximate surface area is 81.5 Å². The molecule has 62 valence electrons. The van der Waals surface area contributed by atoms with E-state index < -0.39 is 0 Å². The van der Waals surface area contributed by atoms with E-state index in [0.29, 0.717) is 6.54 Å². The lowest BCUT2D eigenvalue weighted by atomic mass is 10.3. The lowest BCUT2D eigenvalue weighted by Gasteiger charge is -2.15. The van der Waals surface area contributed by atoms with Crippen LogP contribution in [0.25, 0.3) is 0 Å². The predicted octanol–water partition coefficient (Wildman–Crippen LogP) is 2.52. The average molecular weight is 224 g/mol. The molecular weight excluding hydrogens is 214 g/mol. The van der Waals surface area contributed by atoms with Gasteiger partial charge in [-0.1, -0.05) is 21.9 Å². The van der Waals surface area contributed by atoms with Crippen LogP contribution in [0.4, 0.5) is 5.69 Å². The highest BCUT2D eigenvalue weighted by molar-refractivity contribution is 9.10. The maximum absolute atomic E-state index is 5.20. The molecule has 0 saturated carbocycles. The number of hydrogen-bond acceptors (Lipinski definition) is 1. The van der Waals surface area contributed by atoms with E-state index in [1.54, 1.807) is 0 Å². The molecule has 0 fully saturated rings. The highest BCUT2D eigenvalue weighted by Crippen LogP contribution is 2.16. The molecule has 1 aromatic carbocycles. The Kier molecular flexibility index (Phi) is 3.19. The molecule has 2 heteroatoms. The van der Waals surface area contributed by atoms with Crippen molar-refractivity contribution in [2.24, 2.45) is 0 Å². The molecular formula is C10H10BrN. The standard InChI is InChI=1S/C10H10BrN/c1-3-8-12(2)10-6-4-9(11)5-7-10/h1,4-7H,8H2,2H3. The first kappa shape index (κ1) is 9.15. The molecule has 1 rings (SSSR count). The van der Waals surface area contributed by atoms with Crippen molar-refractivity contribution in [3.05, 3.63) is 28.7 Å². The zero-order valence-corrected chi connectivity index (χ0v) is 8.51. The van der Waals surface area contributed by atoms with Crippen molar-refractivity contribution in [1.82, 2.24) is 0 Å². The van der Waals surface area contributed by atoms with Crippen LogP contribution in [-0.2, 0) is 0 Å². The molecule has 0 aliphatic rings. The largest absolute Gasteiger partial charge is 0.363 e. The summed E-state index contributed by atoms with van der Waals surface area (Å²) < 4.78 is 1.08. The van der Waals surface area contributed by atoms with Crippen molar-refractivity contribution in [2.75, 3.05) is 18.5 Å². The van der Waals surface area contributed by atoms with E-state index in [-0.39, 0.29) is 0 Å². The molecule has 0 N–H and O–H groups in total. The SMILES string of the molecule is C#CCN(C)c1ccc(Br)cc1. The molecule has 0 atom stereocenters. The predicted molar refractivity (Wildman–Crippen MR) is 56.2 cm³/mol. The van der Waals surface area contributed by atoms with Crippen molar-refractivity contribution < 1.29 is 0 Å². The smallest absolute Gasteiger partial charge is 0.0788 e. The van der Waals surface area contributed by atoms with Crippen LogP contribution in [0.3, 0.4) is 0 Å². The zero-order valence-electron chi connectivity index (χ0n) is 6.92. The van der Waals surface area contributed by atoms with Crippen molar-refractivity contribution in [3.63, 3.8) is 0 Å². The van der Waals surface area contributed by atoms with Gasteiger partial charge in [-0.15, -0.1) is 6.42 Å². The summed E-state index contributed by atoms with van der Waals surface area (Å²) in [6, 6.07) is 8.06. The fourth-order valence-corrected chi connectivity index (χ4v) is 1.19. The Bertz CT molecular complexity index is 284. The van der Waals surface area contributed by atoms with Gasteiger partial charge in [0.2, 0.25) is 0 Å². The third kappa shape index (κ3) is 2.28. The van der Waals surface area contributed by atoms with Gasteiger partial charge in [0, 0.05) is 17.2 Å². The highest BCUT2D eigenvalue weighted by atomic mass is 79.9. The van der Waals surface area contributed by atoms with Crippen LogP contribution in [-0.4, -0.2) is 13.6 Å². The van der Waals surface area contributed by atoms with E-state index in [2.05, 4.69) is 21.9 Å². The van der Waals surface area contributed by atoms with Crippen LogP contribution in [0, 0.1) is 12.3 Å².